The number of unbranched alkanes of at least 4 members (excludes halogenated alkanes) is 3. The first-order valence-electron chi connectivity index (χ1n) is 17.9. The predicted molar refractivity (Wildman–Crippen MR) is 186 cm³/mol. The Labute approximate surface area is 276 Å². The van der Waals surface area contributed by atoms with E-state index >= 15 is 0 Å². The van der Waals surface area contributed by atoms with Crippen LogP contribution in [0.5, 0.6) is 11.5 Å². The summed E-state index contributed by atoms with van der Waals surface area (Å²) in [6.07, 6.45) is 13.7. The Hall–Kier alpha value is -3.12. The van der Waals surface area contributed by atoms with Crippen molar-refractivity contribution in [1.29, 1.82) is 0 Å². The monoisotopic (exact) mass is 620 g/mol. The van der Waals surface area contributed by atoms with Gasteiger partial charge in [-0.3, -0.25) is 9.80 Å². The molecule has 46 heavy (non-hydrogen) atoms. The minimum Gasteiger partial charge on any atom is -0.493 e. The second kappa shape index (κ2) is 13.5. The summed E-state index contributed by atoms with van der Waals surface area (Å²) in [4.78, 5) is 5.24. The van der Waals surface area contributed by atoms with E-state index in [1.165, 1.54) is 47.9 Å². The van der Waals surface area contributed by atoms with Crippen molar-refractivity contribution in [3.63, 3.8) is 0 Å². The van der Waals surface area contributed by atoms with Crippen molar-refractivity contribution < 1.29 is 14.6 Å². The van der Waals surface area contributed by atoms with Gasteiger partial charge in [0.1, 0.15) is 6.10 Å². The van der Waals surface area contributed by atoms with Gasteiger partial charge in [-0.15, -0.1) is 6.58 Å². The highest BCUT2D eigenvalue weighted by Gasteiger charge is 2.73. The van der Waals surface area contributed by atoms with Gasteiger partial charge in [-0.25, -0.2) is 0 Å². The lowest BCUT2D eigenvalue weighted by atomic mass is 9.48. The number of hydrogen-bond acceptors (Lipinski definition) is 5. The van der Waals surface area contributed by atoms with Gasteiger partial charge in [0.2, 0.25) is 0 Å². The summed E-state index contributed by atoms with van der Waals surface area (Å²) in [5, 5.41) is 12.9. The van der Waals surface area contributed by atoms with E-state index in [9.17, 15) is 5.11 Å². The molecule has 1 saturated carbocycles. The zero-order valence-corrected chi connectivity index (χ0v) is 27.7. The Balaban J connectivity index is 1.13. The van der Waals surface area contributed by atoms with Gasteiger partial charge in [-0.1, -0.05) is 85.6 Å². The molecule has 244 valence electrons. The van der Waals surface area contributed by atoms with Gasteiger partial charge in [-0.05, 0) is 100 Å². The lowest BCUT2D eigenvalue weighted by molar-refractivity contribution is -0.198. The van der Waals surface area contributed by atoms with Crippen LogP contribution in [0.4, 0.5) is 0 Å². The molecule has 7 rings (SSSR count). The van der Waals surface area contributed by atoms with E-state index < -0.39 is 11.0 Å². The van der Waals surface area contributed by atoms with Gasteiger partial charge < -0.3 is 14.6 Å². The number of piperidine rings is 1. The van der Waals surface area contributed by atoms with E-state index in [0.29, 0.717) is 0 Å². The minimum atomic E-state index is -0.826. The SMILES string of the molecule is C=CCN1CC[C@]23c4c5ccc(OC)c4OC2C(N(CCCCCCc2ccccc2)CCCc2ccccc2)CC[C@@]3(O)[C@H]1C5. The maximum Gasteiger partial charge on any atom is 0.165 e. The zero-order chi connectivity index (χ0) is 31.6. The third kappa shape index (κ3) is 5.48. The molecular weight excluding hydrogens is 568 g/mol. The van der Waals surface area contributed by atoms with E-state index in [4.69, 9.17) is 9.47 Å². The summed E-state index contributed by atoms with van der Waals surface area (Å²) in [6.45, 7) is 7.94. The highest BCUT2D eigenvalue weighted by Crippen LogP contribution is 2.66. The van der Waals surface area contributed by atoms with Crippen LogP contribution in [0.15, 0.2) is 85.5 Å². The molecule has 5 heteroatoms. The van der Waals surface area contributed by atoms with Gasteiger partial charge in [-0.2, -0.15) is 0 Å². The Morgan fingerprint density at radius 3 is 2.33 bits per heavy atom. The highest BCUT2D eigenvalue weighted by molar-refractivity contribution is 5.63. The second-order valence-corrected chi connectivity index (χ2v) is 14.2. The molecule has 2 heterocycles. The summed E-state index contributed by atoms with van der Waals surface area (Å²) in [6, 6.07) is 26.5. The van der Waals surface area contributed by atoms with Crippen molar-refractivity contribution in [2.45, 2.75) is 99.8 Å². The number of ether oxygens (including phenoxy) is 2. The fourth-order valence-corrected chi connectivity index (χ4v) is 9.73. The topological polar surface area (TPSA) is 45.2 Å². The molecule has 1 spiro atoms. The van der Waals surface area contributed by atoms with Crippen LogP contribution in [-0.4, -0.2) is 72.0 Å². The molecule has 5 atom stereocenters. The summed E-state index contributed by atoms with van der Waals surface area (Å²) in [5.41, 5.74) is 4.19. The first-order valence-corrected chi connectivity index (χ1v) is 17.9. The van der Waals surface area contributed by atoms with Crippen LogP contribution in [0.2, 0.25) is 0 Å². The molecule has 1 N–H and O–H groups in total. The summed E-state index contributed by atoms with van der Waals surface area (Å²) in [7, 11) is 1.75. The number of methoxy groups -OCH3 is 1. The first kappa shape index (κ1) is 31.5. The number of rotatable bonds is 15. The summed E-state index contributed by atoms with van der Waals surface area (Å²) >= 11 is 0. The third-order valence-corrected chi connectivity index (χ3v) is 11.8. The molecule has 5 nitrogen and oxygen atoms in total. The third-order valence-electron chi connectivity index (χ3n) is 11.8. The molecule has 1 saturated heterocycles. The molecule has 2 fully saturated rings. The smallest absolute Gasteiger partial charge is 0.165 e. The maximum atomic E-state index is 12.9. The van der Waals surface area contributed by atoms with Crippen LogP contribution in [-0.2, 0) is 24.7 Å². The lowest BCUT2D eigenvalue weighted by Gasteiger charge is -2.65. The van der Waals surface area contributed by atoms with Gasteiger partial charge >= 0.3 is 0 Å². The predicted octanol–water partition coefficient (Wildman–Crippen LogP) is 7.14. The maximum absolute atomic E-state index is 12.9. The molecule has 3 aromatic carbocycles. The highest BCUT2D eigenvalue weighted by atomic mass is 16.5. The number of aliphatic hydroxyl groups is 1. The van der Waals surface area contributed by atoms with E-state index in [0.717, 1.165) is 82.6 Å². The van der Waals surface area contributed by atoms with E-state index in [1.54, 1.807) is 7.11 Å². The van der Waals surface area contributed by atoms with Gasteiger partial charge in [0.25, 0.3) is 0 Å². The Morgan fingerprint density at radius 2 is 1.61 bits per heavy atom. The van der Waals surface area contributed by atoms with Crippen molar-refractivity contribution in [1.82, 2.24) is 9.80 Å². The average molecular weight is 621 g/mol. The average Bonchev–Trinajstić information content (AvgIpc) is 3.43. The molecule has 2 bridgehead atoms. The van der Waals surface area contributed by atoms with Crippen LogP contribution >= 0.6 is 0 Å². The molecule has 0 amide bonds. The lowest BCUT2D eigenvalue weighted by Crippen LogP contribution is -2.78. The summed E-state index contributed by atoms with van der Waals surface area (Å²) in [5.74, 6) is 1.71. The van der Waals surface area contributed by atoms with Gasteiger partial charge in [0, 0.05) is 24.2 Å². The number of hydrogen-bond donors (Lipinski definition) is 1. The van der Waals surface area contributed by atoms with Crippen molar-refractivity contribution in [2.24, 2.45) is 0 Å². The van der Waals surface area contributed by atoms with Crippen LogP contribution in [0.3, 0.4) is 0 Å². The van der Waals surface area contributed by atoms with Crippen molar-refractivity contribution in [3.8, 4) is 11.5 Å². The fourth-order valence-electron chi connectivity index (χ4n) is 9.73. The molecule has 0 aromatic heterocycles. The van der Waals surface area contributed by atoms with E-state index in [1.807, 2.05) is 6.08 Å². The van der Waals surface area contributed by atoms with Crippen molar-refractivity contribution in [3.05, 3.63) is 108 Å². The molecule has 4 aliphatic rings. The van der Waals surface area contributed by atoms with Gasteiger partial charge in [0.15, 0.2) is 11.5 Å². The molecule has 3 aromatic rings. The van der Waals surface area contributed by atoms with E-state index in [2.05, 4.69) is 89.2 Å². The Kier molecular flexibility index (Phi) is 9.27. The zero-order valence-electron chi connectivity index (χ0n) is 27.7. The van der Waals surface area contributed by atoms with Crippen LogP contribution in [0.1, 0.15) is 73.6 Å². The number of benzene rings is 3. The van der Waals surface area contributed by atoms with Crippen LogP contribution < -0.4 is 9.47 Å². The first-order chi connectivity index (χ1) is 22.6. The fraction of sp³-hybridized carbons (Fsp3) is 0.512. The largest absolute Gasteiger partial charge is 0.493 e. The number of likely N-dealkylation sites (tertiary alicyclic amines) is 1. The Bertz CT molecular complexity index is 1480. The summed E-state index contributed by atoms with van der Waals surface area (Å²) < 4.78 is 13.1. The van der Waals surface area contributed by atoms with Crippen molar-refractivity contribution in [2.75, 3.05) is 33.3 Å². The van der Waals surface area contributed by atoms with Crippen LogP contribution in [0.25, 0.3) is 0 Å². The number of aryl methyl sites for hydroxylation is 2. The van der Waals surface area contributed by atoms with Crippen molar-refractivity contribution >= 4 is 0 Å². The minimum absolute atomic E-state index is 0.0780. The van der Waals surface area contributed by atoms with Gasteiger partial charge in [0.05, 0.1) is 18.1 Å². The molecule has 2 aliphatic carbocycles. The van der Waals surface area contributed by atoms with E-state index in [-0.39, 0.29) is 18.2 Å². The van der Waals surface area contributed by atoms with Crippen LogP contribution in [0, 0.1) is 0 Å². The Morgan fingerprint density at radius 1 is 0.913 bits per heavy atom. The standard InChI is InChI=1S/C41H52N2O3/c1-3-26-43-29-25-40-37-33-21-22-35(45-2)38(37)46-39(40)34(23-24-41(40,44)36(43)30-33)42(28-14-20-32-18-11-7-12-19-32)27-13-5-4-8-15-31-16-9-6-10-17-31/h3,6-7,9-12,16-19,21-22,34,36,39,44H,1,4-5,8,13-15,20,23-30H2,2H3/t34?,36-,39?,40+,41-/m1/s1. The molecule has 0 radical (unpaired) electrons. The number of nitrogens with zero attached hydrogens (tertiary/aromatic N) is 2. The normalized spacial score (nSPS) is 27.7. The quantitative estimate of drug-likeness (QED) is 0.145. The second-order valence-electron chi connectivity index (χ2n) is 14.2. The molecule has 2 aliphatic heterocycles. The molecule has 2 unspecified atom stereocenters. The molecular formula is C41H52N2O3.